The van der Waals surface area contributed by atoms with Gasteiger partial charge in [-0.2, -0.15) is 4.98 Å². The Labute approximate surface area is 179 Å². The van der Waals surface area contributed by atoms with Gasteiger partial charge in [-0.1, -0.05) is 17.7 Å². The second kappa shape index (κ2) is 8.10. The van der Waals surface area contributed by atoms with Crippen LogP contribution in [-0.2, 0) is 9.59 Å². The average molecular weight is 430 g/mol. The van der Waals surface area contributed by atoms with Crippen molar-refractivity contribution in [1.29, 1.82) is 0 Å². The normalized spacial score (nSPS) is 21.0. The molecule has 1 fully saturated rings. The van der Waals surface area contributed by atoms with Gasteiger partial charge in [0.2, 0.25) is 17.8 Å². The molecule has 0 radical (unpaired) electrons. The summed E-state index contributed by atoms with van der Waals surface area (Å²) >= 11 is 6.13. The second-order valence-corrected chi connectivity index (χ2v) is 8.30. The molecule has 2 aliphatic rings. The lowest BCUT2D eigenvalue weighted by atomic mass is 9.92. The van der Waals surface area contributed by atoms with Crippen LogP contribution in [0.3, 0.4) is 0 Å². The molecule has 8 nitrogen and oxygen atoms in total. The number of amides is 2. The van der Waals surface area contributed by atoms with Gasteiger partial charge in [0, 0.05) is 29.7 Å². The first-order valence-corrected chi connectivity index (χ1v) is 10.5. The molecule has 3 heterocycles. The molecule has 2 aromatic rings. The molecule has 1 aromatic heterocycles. The minimum absolute atomic E-state index is 0.122. The van der Waals surface area contributed by atoms with Crippen LogP contribution in [0.25, 0.3) is 0 Å². The first-order chi connectivity index (χ1) is 14.3. The number of hydrogen-bond donors (Lipinski definition) is 3. The number of carbonyl (C=O) groups excluding carboxylic acids is 2. The van der Waals surface area contributed by atoms with Crippen molar-refractivity contribution in [3.8, 4) is 0 Å². The molecule has 3 N–H and O–H groups in total. The summed E-state index contributed by atoms with van der Waals surface area (Å²) in [7, 11) is 0. The van der Waals surface area contributed by atoms with Crippen molar-refractivity contribution in [2.75, 3.05) is 22.1 Å². The Hall–Kier alpha value is -2.87. The molecule has 30 heavy (non-hydrogen) atoms. The van der Waals surface area contributed by atoms with E-state index >= 15 is 0 Å². The molecule has 2 aliphatic heterocycles. The number of nitrogens with zero attached hydrogens (tertiary/aromatic N) is 2. The fourth-order valence-electron chi connectivity index (χ4n) is 4.09. The molecule has 0 aliphatic carbocycles. The predicted octanol–water partition coefficient (Wildman–Crippen LogP) is 3.18. The molecule has 0 saturated carbocycles. The van der Waals surface area contributed by atoms with E-state index in [0.717, 1.165) is 31.4 Å². The zero-order chi connectivity index (χ0) is 21.4. The van der Waals surface area contributed by atoms with Gasteiger partial charge in [0.05, 0.1) is 11.5 Å². The molecule has 1 aromatic carbocycles. The number of rotatable bonds is 3. The second-order valence-electron chi connectivity index (χ2n) is 7.90. The van der Waals surface area contributed by atoms with E-state index in [0.29, 0.717) is 16.7 Å². The fraction of sp³-hybridized carbons (Fsp3) is 0.429. The van der Waals surface area contributed by atoms with Gasteiger partial charge in [-0.3, -0.25) is 19.4 Å². The number of H-pyrrole nitrogens is 1. The number of fused-ring (bicyclic) bond motifs is 1. The molecule has 4 rings (SSSR count). The van der Waals surface area contributed by atoms with Crippen LogP contribution >= 0.6 is 11.6 Å². The molecule has 1 saturated heterocycles. The van der Waals surface area contributed by atoms with Gasteiger partial charge in [0.1, 0.15) is 5.82 Å². The summed E-state index contributed by atoms with van der Waals surface area (Å²) < 4.78 is 0. The lowest BCUT2D eigenvalue weighted by Gasteiger charge is -2.34. The van der Waals surface area contributed by atoms with Crippen LogP contribution in [0.5, 0.6) is 0 Å². The molecule has 158 valence electrons. The Morgan fingerprint density at radius 3 is 2.87 bits per heavy atom. The van der Waals surface area contributed by atoms with Crippen molar-refractivity contribution in [3.63, 3.8) is 0 Å². The monoisotopic (exact) mass is 429 g/mol. The number of halogens is 1. The van der Waals surface area contributed by atoms with Crippen molar-refractivity contribution < 1.29 is 9.59 Å². The van der Waals surface area contributed by atoms with Crippen molar-refractivity contribution in [3.05, 3.63) is 44.7 Å². The summed E-state index contributed by atoms with van der Waals surface area (Å²) in [5, 5.41) is 5.99. The third-order valence-electron chi connectivity index (χ3n) is 5.86. The highest BCUT2D eigenvalue weighted by Crippen LogP contribution is 2.32. The Balaban J connectivity index is 1.68. The number of piperidine rings is 1. The Morgan fingerprint density at radius 1 is 1.30 bits per heavy atom. The lowest BCUT2D eigenvalue weighted by Crippen LogP contribution is -2.42. The summed E-state index contributed by atoms with van der Waals surface area (Å²) in [4.78, 5) is 47.6. The standard InChI is InChI=1S/C21H24ClN5O3/c1-11-6-3-4-9-27(11)21-25-18-17(20(30)26-21)13(10-16(28)24-18)19(29)23-15-8-5-7-14(22)12(15)2/h5,7-8,11,13H,3-4,6,9-10H2,1-2H3,(H,23,29)(H2,24,25,26,28,30). The summed E-state index contributed by atoms with van der Waals surface area (Å²) in [5.41, 5.74) is 1.04. The number of benzene rings is 1. The highest BCUT2D eigenvalue weighted by Gasteiger charge is 2.35. The molecule has 0 spiro atoms. The van der Waals surface area contributed by atoms with Gasteiger partial charge in [0.15, 0.2) is 0 Å². The van der Waals surface area contributed by atoms with Crippen LogP contribution in [0.1, 0.15) is 49.7 Å². The predicted molar refractivity (Wildman–Crippen MR) is 116 cm³/mol. The van der Waals surface area contributed by atoms with Crippen molar-refractivity contribution in [1.82, 2.24) is 9.97 Å². The van der Waals surface area contributed by atoms with Gasteiger partial charge < -0.3 is 15.5 Å². The van der Waals surface area contributed by atoms with E-state index in [1.54, 1.807) is 25.1 Å². The van der Waals surface area contributed by atoms with Gasteiger partial charge in [-0.25, -0.2) is 0 Å². The topological polar surface area (TPSA) is 107 Å². The largest absolute Gasteiger partial charge is 0.340 e. The fourth-order valence-corrected chi connectivity index (χ4v) is 4.27. The maximum Gasteiger partial charge on any atom is 0.258 e. The average Bonchev–Trinajstić information content (AvgIpc) is 2.70. The molecular weight excluding hydrogens is 406 g/mol. The molecule has 0 bridgehead atoms. The molecule has 2 atom stereocenters. The molecule has 9 heteroatoms. The van der Waals surface area contributed by atoms with Gasteiger partial charge in [-0.15, -0.1) is 0 Å². The van der Waals surface area contributed by atoms with Crippen LogP contribution in [0.4, 0.5) is 17.5 Å². The van der Waals surface area contributed by atoms with Crippen molar-refractivity contribution >= 4 is 40.9 Å². The minimum Gasteiger partial charge on any atom is -0.340 e. The van der Waals surface area contributed by atoms with Gasteiger partial charge in [-0.05, 0) is 50.8 Å². The number of nitrogens with one attached hydrogen (secondary N) is 3. The van der Waals surface area contributed by atoms with E-state index in [1.165, 1.54) is 0 Å². The Kier molecular flexibility index (Phi) is 5.51. The van der Waals surface area contributed by atoms with Crippen molar-refractivity contribution in [2.24, 2.45) is 0 Å². The molecule has 2 unspecified atom stereocenters. The third-order valence-corrected chi connectivity index (χ3v) is 6.27. The van der Waals surface area contributed by atoms with E-state index in [2.05, 4.69) is 27.5 Å². The summed E-state index contributed by atoms with van der Waals surface area (Å²) in [5.74, 6) is -1.14. The lowest BCUT2D eigenvalue weighted by molar-refractivity contribution is -0.123. The zero-order valence-corrected chi connectivity index (χ0v) is 17.7. The van der Waals surface area contributed by atoms with Crippen LogP contribution in [0, 0.1) is 6.92 Å². The summed E-state index contributed by atoms with van der Waals surface area (Å²) in [6.45, 7) is 4.66. The van der Waals surface area contributed by atoms with E-state index < -0.39 is 17.4 Å². The number of anilines is 3. The summed E-state index contributed by atoms with van der Waals surface area (Å²) in [6, 6.07) is 5.43. The Morgan fingerprint density at radius 2 is 2.10 bits per heavy atom. The van der Waals surface area contributed by atoms with E-state index in [9.17, 15) is 14.4 Å². The smallest absolute Gasteiger partial charge is 0.258 e. The first-order valence-electron chi connectivity index (χ1n) is 10.1. The van der Waals surface area contributed by atoms with Crippen LogP contribution in [-0.4, -0.2) is 34.4 Å². The number of hydrogen-bond acceptors (Lipinski definition) is 5. The maximum atomic E-state index is 13.0. The van der Waals surface area contributed by atoms with E-state index in [-0.39, 0.29) is 29.8 Å². The number of aromatic amines is 1. The highest BCUT2D eigenvalue weighted by molar-refractivity contribution is 6.31. The zero-order valence-electron chi connectivity index (χ0n) is 16.9. The number of aromatic nitrogens is 2. The van der Waals surface area contributed by atoms with Gasteiger partial charge in [0.25, 0.3) is 5.56 Å². The SMILES string of the molecule is Cc1c(Cl)cccc1NC(=O)C1CC(=O)Nc2nc(N3CCCCC3C)[nH]c(=O)c21. The number of carbonyl (C=O) groups is 2. The highest BCUT2D eigenvalue weighted by atomic mass is 35.5. The van der Waals surface area contributed by atoms with Crippen LogP contribution < -0.4 is 21.1 Å². The Bertz CT molecular complexity index is 1070. The summed E-state index contributed by atoms with van der Waals surface area (Å²) in [6.07, 6.45) is 3.04. The molecular formula is C21H24ClN5O3. The van der Waals surface area contributed by atoms with Crippen LogP contribution in [0.2, 0.25) is 5.02 Å². The van der Waals surface area contributed by atoms with Crippen molar-refractivity contribution in [2.45, 2.75) is 51.5 Å². The quantitative estimate of drug-likeness (QED) is 0.694. The minimum atomic E-state index is -0.934. The first kappa shape index (κ1) is 20.4. The molecule has 2 amide bonds. The van der Waals surface area contributed by atoms with E-state index in [4.69, 9.17) is 11.6 Å². The maximum absolute atomic E-state index is 13.0. The third kappa shape index (κ3) is 3.79. The van der Waals surface area contributed by atoms with Crippen LogP contribution in [0.15, 0.2) is 23.0 Å². The van der Waals surface area contributed by atoms with E-state index in [1.807, 2.05) is 4.90 Å². The van der Waals surface area contributed by atoms with Gasteiger partial charge >= 0.3 is 0 Å².